The summed E-state index contributed by atoms with van der Waals surface area (Å²) in [5.41, 5.74) is 0.495. The van der Waals surface area contributed by atoms with Gasteiger partial charge in [-0.1, -0.05) is 6.07 Å². The SMILES string of the molecule is CC(C)(C)OC(=O)N[C@H](CCCOCC=O)C(=O)Nc1cccc2c1CN(C1CCC(=O)NC1=O)C2=O. The molecule has 1 fully saturated rings. The third kappa shape index (κ3) is 7.35. The van der Waals surface area contributed by atoms with Crippen molar-refractivity contribution in [2.45, 2.75) is 70.7 Å². The quantitative estimate of drug-likeness (QED) is 0.238. The Morgan fingerprint density at radius 3 is 2.68 bits per heavy atom. The number of anilines is 1. The van der Waals surface area contributed by atoms with Crippen LogP contribution in [0.15, 0.2) is 18.2 Å². The molecule has 3 N–H and O–H groups in total. The number of nitrogens with zero attached hydrogens (tertiary/aromatic N) is 1. The molecule has 5 amide bonds. The highest BCUT2D eigenvalue weighted by atomic mass is 16.6. The van der Waals surface area contributed by atoms with Gasteiger partial charge < -0.3 is 29.8 Å². The highest BCUT2D eigenvalue weighted by molar-refractivity contribution is 6.07. The Hall–Kier alpha value is -3.80. The number of aldehydes is 1. The molecule has 2 heterocycles. The first kappa shape index (κ1) is 27.8. The molecule has 1 aromatic carbocycles. The average molecular weight is 517 g/mol. The summed E-state index contributed by atoms with van der Waals surface area (Å²) < 4.78 is 10.4. The first-order chi connectivity index (χ1) is 17.5. The topological polar surface area (TPSA) is 160 Å². The van der Waals surface area contributed by atoms with E-state index in [9.17, 15) is 28.8 Å². The summed E-state index contributed by atoms with van der Waals surface area (Å²) in [4.78, 5) is 74.3. The molecule has 1 saturated heterocycles. The van der Waals surface area contributed by atoms with Crippen LogP contribution in [-0.4, -0.2) is 71.8 Å². The van der Waals surface area contributed by atoms with Crippen molar-refractivity contribution in [3.05, 3.63) is 29.3 Å². The summed E-state index contributed by atoms with van der Waals surface area (Å²) in [6, 6.07) is 3.10. The van der Waals surface area contributed by atoms with Gasteiger partial charge >= 0.3 is 6.09 Å². The van der Waals surface area contributed by atoms with E-state index in [1.807, 2.05) is 0 Å². The Morgan fingerprint density at radius 2 is 2.00 bits per heavy atom. The lowest BCUT2D eigenvalue weighted by atomic mass is 10.0. The van der Waals surface area contributed by atoms with Gasteiger partial charge in [-0.2, -0.15) is 0 Å². The maximum Gasteiger partial charge on any atom is 0.408 e. The van der Waals surface area contributed by atoms with Crippen LogP contribution in [0, 0.1) is 0 Å². The van der Waals surface area contributed by atoms with Crippen LogP contribution >= 0.6 is 0 Å². The molecule has 0 radical (unpaired) electrons. The van der Waals surface area contributed by atoms with Crippen LogP contribution in [0.25, 0.3) is 0 Å². The Balaban J connectivity index is 1.73. The molecule has 0 aliphatic carbocycles. The summed E-state index contributed by atoms with van der Waals surface area (Å²) in [5.74, 6) is -1.79. The van der Waals surface area contributed by atoms with E-state index in [1.54, 1.807) is 39.0 Å². The van der Waals surface area contributed by atoms with Crippen molar-refractivity contribution < 1.29 is 38.2 Å². The number of benzene rings is 1. The molecule has 2 aliphatic heterocycles. The van der Waals surface area contributed by atoms with Crippen molar-refractivity contribution in [3.63, 3.8) is 0 Å². The molecule has 2 aliphatic rings. The zero-order valence-corrected chi connectivity index (χ0v) is 21.1. The predicted octanol–water partition coefficient (Wildman–Crippen LogP) is 1.28. The number of hydrogen-bond donors (Lipinski definition) is 3. The predicted molar refractivity (Wildman–Crippen MR) is 130 cm³/mol. The van der Waals surface area contributed by atoms with Crippen LogP contribution in [0.4, 0.5) is 10.5 Å². The summed E-state index contributed by atoms with van der Waals surface area (Å²) >= 11 is 0. The number of piperidine rings is 1. The second-order valence-corrected chi connectivity index (χ2v) is 9.80. The first-order valence-electron chi connectivity index (χ1n) is 12.1. The number of amides is 5. The average Bonchev–Trinajstić information content (AvgIpc) is 3.14. The molecule has 12 heteroatoms. The van der Waals surface area contributed by atoms with Crippen molar-refractivity contribution in [1.82, 2.24) is 15.5 Å². The van der Waals surface area contributed by atoms with E-state index in [4.69, 9.17) is 9.47 Å². The van der Waals surface area contributed by atoms with Crippen LogP contribution in [0.2, 0.25) is 0 Å². The molecule has 0 saturated carbocycles. The molecule has 0 aromatic heterocycles. The molecule has 37 heavy (non-hydrogen) atoms. The van der Waals surface area contributed by atoms with E-state index >= 15 is 0 Å². The van der Waals surface area contributed by atoms with E-state index < -0.39 is 35.6 Å². The molecular weight excluding hydrogens is 484 g/mol. The van der Waals surface area contributed by atoms with Crippen molar-refractivity contribution >= 4 is 41.7 Å². The zero-order chi connectivity index (χ0) is 27.2. The summed E-state index contributed by atoms with van der Waals surface area (Å²) in [6.45, 7) is 5.34. The maximum atomic E-state index is 13.2. The normalized spacial score (nSPS) is 18.1. The minimum atomic E-state index is -0.978. The fourth-order valence-corrected chi connectivity index (χ4v) is 4.16. The van der Waals surface area contributed by atoms with Crippen LogP contribution in [0.1, 0.15) is 62.4 Å². The number of imide groups is 1. The van der Waals surface area contributed by atoms with Crippen molar-refractivity contribution in [2.75, 3.05) is 18.5 Å². The number of hydrogen-bond acceptors (Lipinski definition) is 8. The number of ether oxygens (including phenoxy) is 2. The fraction of sp³-hybridized carbons (Fsp3) is 0.520. The summed E-state index contributed by atoms with van der Waals surface area (Å²) in [5, 5.41) is 7.61. The van der Waals surface area contributed by atoms with Crippen LogP contribution in [-0.2, 0) is 35.2 Å². The molecule has 12 nitrogen and oxygen atoms in total. The van der Waals surface area contributed by atoms with Gasteiger partial charge in [0.25, 0.3) is 5.91 Å². The Labute approximate surface area is 214 Å². The number of nitrogens with one attached hydrogen (secondary N) is 3. The van der Waals surface area contributed by atoms with E-state index in [0.717, 1.165) is 0 Å². The molecular formula is C25H32N4O8. The van der Waals surface area contributed by atoms with E-state index in [2.05, 4.69) is 16.0 Å². The molecule has 3 rings (SSSR count). The van der Waals surface area contributed by atoms with E-state index in [0.29, 0.717) is 29.5 Å². The van der Waals surface area contributed by atoms with Gasteiger partial charge in [0.15, 0.2) is 0 Å². The standard InChI is InChI=1S/C25H32N4O8/c1-25(2,3)37-24(35)27-18(8-5-12-36-13-11-30)21(32)26-17-7-4-6-15-16(17)14-29(23(15)34)19-9-10-20(31)28-22(19)33/h4,6-7,11,18-19H,5,8-10,12-14H2,1-3H3,(H,26,32)(H,27,35)(H,28,31,33)/t18-,19?/m1/s1. The molecule has 0 bridgehead atoms. The van der Waals surface area contributed by atoms with Crippen molar-refractivity contribution in [3.8, 4) is 0 Å². The largest absolute Gasteiger partial charge is 0.444 e. The highest BCUT2D eigenvalue weighted by Crippen LogP contribution is 2.32. The number of carbonyl (C=O) groups excluding carboxylic acids is 6. The van der Waals surface area contributed by atoms with Gasteiger partial charge in [-0.3, -0.25) is 24.5 Å². The van der Waals surface area contributed by atoms with Gasteiger partial charge in [-0.15, -0.1) is 0 Å². The lowest BCUT2D eigenvalue weighted by molar-refractivity contribution is -0.137. The van der Waals surface area contributed by atoms with Gasteiger partial charge in [-0.05, 0) is 52.2 Å². The van der Waals surface area contributed by atoms with Gasteiger partial charge in [-0.25, -0.2) is 4.79 Å². The lowest BCUT2D eigenvalue weighted by Crippen LogP contribution is -2.52. The summed E-state index contributed by atoms with van der Waals surface area (Å²) in [6.07, 6.45) is 0.809. The minimum Gasteiger partial charge on any atom is -0.444 e. The van der Waals surface area contributed by atoms with E-state index in [1.165, 1.54) is 4.90 Å². The molecule has 1 aromatic rings. The Kier molecular flexibility index (Phi) is 8.98. The minimum absolute atomic E-state index is 0.0653. The Bertz CT molecular complexity index is 1080. The third-order valence-corrected chi connectivity index (χ3v) is 5.81. The smallest absolute Gasteiger partial charge is 0.408 e. The molecule has 0 spiro atoms. The molecule has 1 unspecified atom stereocenters. The van der Waals surface area contributed by atoms with Gasteiger partial charge in [0.05, 0.1) is 0 Å². The Morgan fingerprint density at radius 1 is 1.24 bits per heavy atom. The highest BCUT2D eigenvalue weighted by Gasteiger charge is 2.40. The third-order valence-electron chi connectivity index (χ3n) is 5.81. The lowest BCUT2D eigenvalue weighted by Gasteiger charge is -2.29. The monoisotopic (exact) mass is 516 g/mol. The number of alkyl carbamates (subject to hydrolysis) is 1. The van der Waals surface area contributed by atoms with Gasteiger partial charge in [0, 0.05) is 36.4 Å². The van der Waals surface area contributed by atoms with Crippen LogP contribution < -0.4 is 16.0 Å². The van der Waals surface area contributed by atoms with E-state index in [-0.39, 0.29) is 50.8 Å². The van der Waals surface area contributed by atoms with Gasteiger partial charge in [0.1, 0.15) is 30.6 Å². The second kappa shape index (κ2) is 12.0. The summed E-state index contributed by atoms with van der Waals surface area (Å²) in [7, 11) is 0. The fourth-order valence-electron chi connectivity index (χ4n) is 4.16. The van der Waals surface area contributed by atoms with Crippen molar-refractivity contribution in [1.29, 1.82) is 0 Å². The number of rotatable bonds is 10. The first-order valence-corrected chi connectivity index (χ1v) is 12.1. The van der Waals surface area contributed by atoms with Gasteiger partial charge in [0.2, 0.25) is 17.7 Å². The van der Waals surface area contributed by atoms with Crippen LogP contribution in [0.5, 0.6) is 0 Å². The number of carbonyl (C=O) groups is 6. The van der Waals surface area contributed by atoms with Crippen LogP contribution in [0.3, 0.4) is 0 Å². The molecule has 2 atom stereocenters. The molecule has 200 valence electrons. The van der Waals surface area contributed by atoms with Crippen molar-refractivity contribution in [2.24, 2.45) is 0 Å². The second-order valence-electron chi connectivity index (χ2n) is 9.80. The maximum absolute atomic E-state index is 13.2. The number of fused-ring (bicyclic) bond motifs is 1. The zero-order valence-electron chi connectivity index (χ0n) is 21.1.